The van der Waals surface area contributed by atoms with Gasteiger partial charge >= 0.3 is 0 Å². The van der Waals surface area contributed by atoms with Gasteiger partial charge < -0.3 is 15.4 Å². The maximum Gasteiger partial charge on any atom is 0.121 e. The van der Waals surface area contributed by atoms with Crippen LogP contribution in [0.15, 0.2) is 24.3 Å². The zero-order valence-corrected chi connectivity index (χ0v) is 9.55. The van der Waals surface area contributed by atoms with E-state index in [4.69, 9.17) is 4.74 Å². The van der Waals surface area contributed by atoms with Crippen LogP contribution in [0.3, 0.4) is 0 Å². The van der Waals surface area contributed by atoms with Crippen molar-refractivity contribution in [3.05, 3.63) is 24.3 Å². The minimum atomic E-state index is 0.709. The summed E-state index contributed by atoms with van der Waals surface area (Å²) in [6, 6.07) is 8.05. The fourth-order valence-corrected chi connectivity index (χ4v) is 1.33. The predicted molar refractivity (Wildman–Crippen MR) is 64.6 cm³/mol. The first-order valence-corrected chi connectivity index (χ1v) is 5.54. The lowest BCUT2D eigenvalue weighted by Gasteiger charge is -2.08. The van der Waals surface area contributed by atoms with Crippen molar-refractivity contribution in [2.75, 3.05) is 31.6 Å². The normalized spacial score (nSPS) is 10.0. The van der Waals surface area contributed by atoms with Gasteiger partial charge in [0.15, 0.2) is 0 Å². The smallest absolute Gasteiger partial charge is 0.121 e. The monoisotopic (exact) mass is 208 g/mol. The molecule has 0 spiro atoms. The molecule has 1 aromatic rings. The van der Waals surface area contributed by atoms with Crippen molar-refractivity contribution in [1.82, 2.24) is 5.32 Å². The molecule has 0 bridgehead atoms. The van der Waals surface area contributed by atoms with E-state index in [1.54, 1.807) is 0 Å². The molecular formula is C12H20N2O. The van der Waals surface area contributed by atoms with Crippen molar-refractivity contribution in [3.8, 4) is 5.75 Å². The van der Waals surface area contributed by atoms with Gasteiger partial charge in [-0.05, 0) is 25.6 Å². The highest BCUT2D eigenvalue weighted by atomic mass is 16.5. The molecule has 2 N–H and O–H groups in total. The van der Waals surface area contributed by atoms with E-state index in [-0.39, 0.29) is 0 Å². The Balaban J connectivity index is 2.36. The maximum atomic E-state index is 5.42. The van der Waals surface area contributed by atoms with Crippen LogP contribution in [0, 0.1) is 0 Å². The first kappa shape index (κ1) is 11.9. The SMILES string of the molecule is CCNCCNc1cccc(OCC)c1. The standard InChI is InChI=1S/C12H20N2O/c1-3-13-8-9-14-11-6-5-7-12(10-11)15-4-2/h5-7,10,13-14H,3-4,8-9H2,1-2H3. The van der Waals surface area contributed by atoms with Gasteiger partial charge in [-0.2, -0.15) is 0 Å². The van der Waals surface area contributed by atoms with Gasteiger partial charge in [-0.25, -0.2) is 0 Å². The fourth-order valence-electron chi connectivity index (χ4n) is 1.33. The largest absolute Gasteiger partial charge is 0.494 e. The third kappa shape index (κ3) is 4.70. The Kier molecular flexibility index (Phi) is 5.63. The topological polar surface area (TPSA) is 33.3 Å². The predicted octanol–water partition coefficient (Wildman–Crippen LogP) is 2.11. The van der Waals surface area contributed by atoms with E-state index < -0.39 is 0 Å². The Morgan fingerprint density at radius 3 is 2.80 bits per heavy atom. The highest BCUT2D eigenvalue weighted by Crippen LogP contribution is 2.16. The molecule has 0 atom stereocenters. The van der Waals surface area contributed by atoms with Crippen LogP contribution >= 0.6 is 0 Å². The third-order valence-corrected chi connectivity index (χ3v) is 2.03. The molecule has 0 amide bonds. The molecule has 0 heterocycles. The van der Waals surface area contributed by atoms with Gasteiger partial charge in [0.25, 0.3) is 0 Å². The summed E-state index contributed by atoms with van der Waals surface area (Å²) in [6.07, 6.45) is 0. The maximum absolute atomic E-state index is 5.42. The summed E-state index contributed by atoms with van der Waals surface area (Å²) in [5.41, 5.74) is 1.11. The first-order valence-electron chi connectivity index (χ1n) is 5.54. The summed E-state index contributed by atoms with van der Waals surface area (Å²) in [4.78, 5) is 0. The van der Waals surface area contributed by atoms with Crippen LogP contribution in [0.25, 0.3) is 0 Å². The number of anilines is 1. The number of rotatable bonds is 7. The number of benzene rings is 1. The molecule has 0 unspecified atom stereocenters. The minimum absolute atomic E-state index is 0.709. The molecule has 0 fully saturated rings. The lowest BCUT2D eigenvalue weighted by atomic mass is 10.3. The first-order chi connectivity index (χ1) is 7.36. The molecule has 0 aliphatic carbocycles. The molecule has 0 aliphatic rings. The van der Waals surface area contributed by atoms with E-state index in [2.05, 4.69) is 23.6 Å². The molecular weight excluding hydrogens is 188 g/mol. The second kappa shape index (κ2) is 7.12. The van der Waals surface area contributed by atoms with Crippen LogP contribution in [0.5, 0.6) is 5.75 Å². The van der Waals surface area contributed by atoms with Crippen LogP contribution in [0.1, 0.15) is 13.8 Å². The Morgan fingerprint density at radius 1 is 1.20 bits per heavy atom. The molecule has 0 aromatic heterocycles. The van der Waals surface area contributed by atoms with E-state index in [1.807, 2.05) is 25.1 Å². The van der Waals surface area contributed by atoms with Crippen molar-refractivity contribution >= 4 is 5.69 Å². The molecule has 3 heteroatoms. The Morgan fingerprint density at radius 2 is 2.07 bits per heavy atom. The van der Waals surface area contributed by atoms with Crippen molar-refractivity contribution in [2.24, 2.45) is 0 Å². The van der Waals surface area contributed by atoms with Gasteiger partial charge in [0.2, 0.25) is 0 Å². The molecule has 3 nitrogen and oxygen atoms in total. The Hall–Kier alpha value is -1.22. The van der Waals surface area contributed by atoms with Gasteiger partial charge in [-0.15, -0.1) is 0 Å². The number of nitrogens with one attached hydrogen (secondary N) is 2. The Bertz CT molecular complexity index is 276. The van der Waals surface area contributed by atoms with Crippen molar-refractivity contribution in [2.45, 2.75) is 13.8 Å². The minimum Gasteiger partial charge on any atom is -0.494 e. The van der Waals surface area contributed by atoms with Crippen LogP contribution in [-0.4, -0.2) is 26.2 Å². The van der Waals surface area contributed by atoms with E-state index in [1.165, 1.54) is 0 Å². The van der Waals surface area contributed by atoms with Crippen LogP contribution in [-0.2, 0) is 0 Å². The molecule has 1 rings (SSSR count). The van der Waals surface area contributed by atoms with Crippen LogP contribution in [0.2, 0.25) is 0 Å². The van der Waals surface area contributed by atoms with Crippen molar-refractivity contribution in [1.29, 1.82) is 0 Å². The summed E-state index contributed by atoms with van der Waals surface area (Å²) in [6.45, 7) is 7.74. The molecule has 0 aliphatic heterocycles. The van der Waals surface area contributed by atoms with Crippen LogP contribution in [0.4, 0.5) is 5.69 Å². The van der Waals surface area contributed by atoms with E-state index in [0.29, 0.717) is 6.61 Å². The zero-order chi connectivity index (χ0) is 10.9. The molecule has 84 valence electrons. The zero-order valence-electron chi connectivity index (χ0n) is 9.55. The number of ether oxygens (including phenoxy) is 1. The summed E-state index contributed by atoms with van der Waals surface area (Å²) >= 11 is 0. The second-order valence-corrected chi connectivity index (χ2v) is 3.24. The van der Waals surface area contributed by atoms with Gasteiger partial charge in [-0.3, -0.25) is 0 Å². The van der Waals surface area contributed by atoms with E-state index in [0.717, 1.165) is 31.1 Å². The highest BCUT2D eigenvalue weighted by molar-refractivity contribution is 5.48. The second-order valence-electron chi connectivity index (χ2n) is 3.24. The fraction of sp³-hybridized carbons (Fsp3) is 0.500. The average molecular weight is 208 g/mol. The summed E-state index contributed by atoms with van der Waals surface area (Å²) in [5, 5.41) is 6.60. The van der Waals surface area contributed by atoms with Gasteiger partial charge in [0.05, 0.1) is 6.61 Å². The number of likely N-dealkylation sites (N-methyl/N-ethyl adjacent to an activating group) is 1. The average Bonchev–Trinajstić information content (AvgIpc) is 2.26. The number of hydrogen-bond donors (Lipinski definition) is 2. The Labute approximate surface area is 91.8 Å². The lowest BCUT2D eigenvalue weighted by molar-refractivity contribution is 0.340. The molecule has 15 heavy (non-hydrogen) atoms. The molecule has 0 radical (unpaired) electrons. The lowest BCUT2D eigenvalue weighted by Crippen LogP contribution is -2.21. The van der Waals surface area contributed by atoms with E-state index >= 15 is 0 Å². The van der Waals surface area contributed by atoms with Gasteiger partial charge in [0, 0.05) is 24.8 Å². The van der Waals surface area contributed by atoms with E-state index in [9.17, 15) is 0 Å². The summed E-state index contributed by atoms with van der Waals surface area (Å²) in [5.74, 6) is 0.922. The quantitative estimate of drug-likeness (QED) is 0.673. The number of hydrogen-bond acceptors (Lipinski definition) is 3. The third-order valence-electron chi connectivity index (χ3n) is 2.03. The molecule has 1 aromatic carbocycles. The highest BCUT2D eigenvalue weighted by Gasteiger charge is 1.94. The van der Waals surface area contributed by atoms with Crippen molar-refractivity contribution < 1.29 is 4.74 Å². The van der Waals surface area contributed by atoms with Crippen LogP contribution < -0.4 is 15.4 Å². The molecule has 0 saturated carbocycles. The summed E-state index contributed by atoms with van der Waals surface area (Å²) < 4.78 is 5.42. The summed E-state index contributed by atoms with van der Waals surface area (Å²) in [7, 11) is 0. The van der Waals surface area contributed by atoms with Crippen molar-refractivity contribution in [3.63, 3.8) is 0 Å². The van der Waals surface area contributed by atoms with Gasteiger partial charge in [-0.1, -0.05) is 13.0 Å². The van der Waals surface area contributed by atoms with Gasteiger partial charge in [0.1, 0.15) is 5.75 Å². The molecule has 0 saturated heterocycles.